The number of para-hydroxylation sites is 2. The van der Waals surface area contributed by atoms with E-state index < -0.39 is 86.0 Å². The molecule has 0 spiro atoms. The minimum Gasteiger partial charge on any atom is -0.377 e. The average molecular weight is 541 g/mol. The van der Waals surface area contributed by atoms with Crippen LogP contribution >= 0.6 is 0 Å². The summed E-state index contributed by atoms with van der Waals surface area (Å²) in [6.45, 7) is 0.857. The van der Waals surface area contributed by atoms with Crippen LogP contribution in [-0.4, -0.2) is 67.2 Å². The Morgan fingerprint density at radius 1 is 0.947 bits per heavy atom. The predicted molar refractivity (Wildman–Crippen MR) is 118 cm³/mol. The Labute approximate surface area is 210 Å². The van der Waals surface area contributed by atoms with Crippen molar-refractivity contribution in [3.05, 3.63) is 79.9 Å². The summed E-state index contributed by atoms with van der Waals surface area (Å²) in [5.41, 5.74) is -6.30. The summed E-state index contributed by atoms with van der Waals surface area (Å²) in [5.74, 6) is -8.91. The van der Waals surface area contributed by atoms with Gasteiger partial charge in [-0.2, -0.15) is 13.2 Å². The van der Waals surface area contributed by atoms with E-state index in [2.05, 4.69) is 0 Å². The number of aliphatic hydroxyl groups is 2. The summed E-state index contributed by atoms with van der Waals surface area (Å²) < 4.78 is 44.5. The van der Waals surface area contributed by atoms with Crippen molar-refractivity contribution >= 4 is 28.8 Å². The number of hydrogen-bond donors (Lipinski definition) is 3. The first-order valence-corrected chi connectivity index (χ1v) is 10.6. The van der Waals surface area contributed by atoms with Gasteiger partial charge in [-0.1, -0.05) is 24.3 Å². The maximum Gasteiger partial charge on any atom is 0.471 e. The van der Waals surface area contributed by atoms with Gasteiger partial charge in [0.2, 0.25) is 17.4 Å². The molecule has 0 aliphatic carbocycles. The Balaban J connectivity index is 2.14. The SMILES string of the molecule is C[C@H]1O[C@@](O)(C(=O)c2ccccc2[N+](=O)[O-])C[C@H](NC(=O)C(F)(F)F)[C@]1(O)C(=O)c1ccccc1[N+](=O)[O-]. The number of nitro groups is 2. The van der Waals surface area contributed by atoms with Crippen molar-refractivity contribution in [1.29, 1.82) is 0 Å². The van der Waals surface area contributed by atoms with E-state index >= 15 is 0 Å². The second-order valence-electron chi connectivity index (χ2n) is 8.30. The Morgan fingerprint density at radius 3 is 1.84 bits per heavy atom. The molecular weight excluding hydrogens is 523 g/mol. The van der Waals surface area contributed by atoms with E-state index in [-0.39, 0.29) is 0 Å². The summed E-state index contributed by atoms with van der Waals surface area (Å²) in [4.78, 5) is 59.1. The summed E-state index contributed by atoms with van der Waals surface area (Å²) in [7, 11) is 0. The standard InChI is InChI=1S/C22H18F3N3O10/c1-11-21(33,18(30)13-7-3-5-9-15(13)28(36)37)16(26-19(31)22(23,24)25)10-20(32,38-11)17(29)12-6-2-4-8-14(12)27(34)35/h2-9,11,16,32-33H,10H2,1H3,(H,26,31)/t11-,16+,20-,21+/m1/s1. The van der Waals surface area contributed by atoms with E-state index in [9.17, 15) is 58.0 Å². The Hall–Kier alpha value is -4.28. The van der Waals surface area contributed by atoms with Gasteiger partial charge in [-0.25, -0.2) is 0 Å². The molecule has 4 atom stereocenters. The molecule has 1 saturated heterocycles. The second kappa shape index (κ2) is 9.88. The Bertz CT molecular complexity index is 1330. The van der Waals surface area contributed by atoms with Gasteiger partial charge in [-0.05, 0) is 19.1 Å². The maximum absolute atomic E-state index is 13.4. The monoisotopic (exact) mass is 541 g/mol. The molecule has 16 heteroatoms. The molecule has 1 amide bonds. The lowest BCUT2D eigenvalue weighted by Crippen LogP contribution is -2.72. The van der Waals surface area contributed by atoms with E-state index in [1.54, 1.807) is 0 Å². The number of amides is 1. The molecule has 0 aromatic heterocycles. The van der Waals surface area contributed by atoms with Crippen LogP contribution in [0.2, 0.25) is 0 Å². The number of nitrogens with one attached hydrogen (secondary N) is 1. The van der Waals surface area contributed by atoms with Crippen LogP contribution in [0.4, 0.5) is 24.5 Å². The van der Waals surface area contributed by atoms with Crippen LogP contribution in [0.3, 0.4) is 0 Å². The van der Waals surface area contributed by atoms with Crippen molar-refractivity contribution < 1.29 is 52.4 Å². The summed E-state index contributed by atoms with van der Waals surface area (Å²) in [6, 6.07) is 5.91. The first kappa shape index (κ1) is 28.3. The molecule has 2 aromatic rings. The molecule has 38 heavy (non-hydrogen) atoms. The van der Waals surface area contributed by atoms with Crippen LogP contribution < -0.4 is 5.32 Å². The van der Waals surface area contributed by atoms with Crippen molar-refractivity contribution in [2.24, 2.45) is 0 Å². The van der Waals surface area contributed by atoms with E-state index in [0.29, 0.717) is 0 Å². The number of Topliss-reactive ketones (excluding diaryl/α,β-unsaturated/α-hetero) is 2. The first-order chi connectivity index (χ1) is 17.5. The zero-order valence-electron chi connectivity index (χ0n) is 19.2. The van der Waals surface area contributed by atoms with E-state index in [4.69, 9.17) is 4.74 Å². The number of carbonyl (C=O) groups is 3. The van der Waals surface area contributed by atoms with Crippen LogP contribution in [0.1, 0.15) is 34.1 Å². The maximum atomic E-state index is 13.4. The second-order valence-corrected chi connectivity index (χ2v) is 8.30. The van der Waals surface area contributed by atoms with E-state index in [1.165, 1.54) is 23.5 Å². The minimum atomic E-state index is -5.55. The molecule has 3 rings (SSSR count). The predicted octanol–water partition coefficient (Wildman–Crippen LogP) is 1.84. The number of rotatable bonds is 7. The lowest BCUT2D eigenvalue weighted by Gasteiger charge is -2.48. The highest BCUT2D eigenvalue weighted by Gasteiger charge is 2.62. The fourth-order valence-corrected chi connectivity index (χ4v) is 4.11. The lowest BCUT2D eigenvalue weighted by atomic mass is 9.75. The fraction of sp³-hybridized carbons (Fsp3) is 0.318. The summed E-state index contributed by atoms with van der Waals surface area (Å²) >= 11 is 0. The molecule has 1 aliphatic rings. The van der Waals surface area contributed by atoms with Gasteiger partial charge in [0.05, 0.1) is 27.6 Å². The molecule has 202 valence electrons. The van der Waals surface area contributed by atoms with Gasteiger partial charge < -0.3 is 20.3 Å². The summed E-state index contributed by atoms with van der Waals surface area (Å²) in [6.07, 6.45) is -9.03. The smallest absolute Gasteiger partial charge is 0.377 e. The van der Waals surface area contributed by atoms with Crippen molar-refractivity contribution in [3.8, 4) is 0 Å². The van der Waals surface area contributed by atoms with E-state index in [0.717, 1.165) is 37.3 Å². The van der Waals surface area contributed by atoms with Gasteiger partial charge >= 0.3 is 12.1 Å². The number of hydrogen-bond acceptors (Lipinski definition) is 10. The van der Waals surface area contributed by atoms with Gasteiger partial charge in [0, 0.05) is 18.6 Å². The largest absolute Gasteiger partial charge is 0.471 e. The molecule has 3 N–H and O–H groups in total. The molecule has 1 aliphatic heterocycles. The molecular formula is C22H18F3N3O10. The lowest BCUT2D eigenvalue weighted by molar-refractivity contribution is -0.385. The van der Waals surface area contributed by atoms with Crippen molar-refractivity contribution in [1.82, 2.24) is 5.32 Å². The number of halogens is 3. The third-order valence-electron chi connectivity index (χ3n) is 5.98. The Kier molecular flexibility index (Phi) is 7.36. The van der Waals surface area contributed by atoms with Gasteiger partial charge in [-0.3, -0.25) is 34.6 Å². The average Bonchev–Trinajstić information content (AvgIpc) is 2.85. The first-order valence-electron chi connectivity index (χ1n) is 10.6. The molecule has 0 saturated carbocycles. The quantitative estimate of drug-likeness (QED) is 0.264. The number of ketones is 2. The molecule has 0 bridgehead atoms. The number of nitrogens with zero attached hydrogens (tertiary/aromatic N) is 2. The molecule has 1 heterocycles. The molecule has 13 nitrogen and oxygen atoms in total. The molecule has 0 unspecified atom stereocenters. The number of carbonyl (C=O) groups excluding carboxylic acids is 3. The van der Waals surface area contributed by atoms with Crippen molar-refractivity contribution in [2.75, 3.05) is 0 Å². The van der Waals surface area contributed by atoms with Gasteiger partial charge in [0.15, 0.2) is 5.60 Å². The van der Waals surface area contributed by atoms with Gasteiger partial charge in [0.1, 0.15) is 5.56 Å². The van der Waals surface area contributed by atoms with Gasteiger partial charge in [0.25, 0.3) is 11.4 Å². The van der Waals surface area contributed by atoms with Crippen LogP contribution in [-0.2, 0) is 9.53 Å². The third-order valence-corrected chi connectivity index (χ3v) is 5.98. The number of alkyl halides is 3. The van der Waals surface area contributed by atoms with Crippen LogP contribution in [0.5, 0.6) is 0 Å². The molecule has 1 fully saturated rings. The topological polar surface area (TPSA) is 199 Å². The zero-order chi connectivity index (χ0) is 28.6. The fourth-order valence-electron chi connectivity index (χ4n) is 4.11. The highest BCUT2D eigenvalue weighted by Crippen LogP contribution is 2.40. The van der Waals surface area contributed by atoms with Gasteiger partial charge in [-0.15, -0.1) is 0 Å². The van der Waals surface area contributed by atoms with Crippen LogP contribution in [0, 0.1) is 20.2 Å². The van der Waals surface area contributed by atoms with Crippen molar-refractivity contribution in [3.63, 3.8) is 0 Å². The number of nitro benzene ring substituents is 2. The molecule has 0 radical (unpaired) electrons. The highest BCUT2D eigenvalue weighted by molar-refractivity contribution is 6.08. The minimum absolute atomic E-state index is 0.719. The van der Waals surface area contributed by atoms with Crippen LogP contribution in [0.15, 0.2) is 48.5 Å². The van der Waals surface area contributed by atoms with Crippen LogP contribution in [0.25, 0.3) is 0 Å². The summed E-state index contributed by atoms with van der Waals surface area (Å²) in [5, 5.41) is 46.5. The normalized spacial score (nSPS) is 25.3. The highest BCUT2D eigenvalue weighted by atomic mass is 19.4. The number of benzene rings is 2. The molecule has 2 aromatic carbocycles. The van der Waals surface area contributed by atoms with Crippen molar-refractivity contribution in [2.45, 2.75) is 43.1 Å². The number of ether oxygens (including phenoxy) is 1. The van der Waals surface area contributed by atoms with E-state index in [1.807, 2.05) is 0 Å². The zero-order valence-corrected chi connectivity index (χ0v) is 19.2. The Morgan fingerprint density at radius 2 is 1.39 bits per heavy atom. The third kappa shape index (κ3) is 4.96.